The molecule has 64 heavy (non-hydrogen) atoms. The zero-order chi connectivity index (χ0) is 42.3. The number of hydrogen-bond donors (Lipinski definition) is 0. The topological polar surface area (TPSA) is 16.4 Å². The molecule has 2 nitrogen and oxygen atoms in total. The number of rotatable bonds is 4. The lowest BCUT2D eigenvalue weighted by Gasteiger charge is -2.35. The van der Waals surface area contributed by atoms with Crippen LogP contribution in [0.15, 0.2) is 217 Å². The van der Waals surface area contributed by atoms with Gasteiger partial charge < -0.3 is 9.32 Å². The van der Waals surface area contributed by atoms with Gasteiger partial charge in [-0.05, 0) is 114 Å². The maximum atomic E-state index is 6.95. The van der Waals surface area contributed by atoms with E-state index in [2.05, 4.69) is 231 Å². The first-order chi connectivity index (χ1) is 31.5. The number of para-hydroxylation sites is 2. The van der Waals surface area contributed by atoms with Crippen LogP contribution >= 0.6 is 0 Å². The van der Waals surface area contributed by atoms with Gasteiger partial charge in [0.25, 0.3) is 0 Å². The summed E-state index contributed by atoms with van der Waals surface area (Å²) in [6, 6.07) is 79.0. The molecular formula is C62H41NO. The Kier molecular flexibility index (Phi) is 7.13. The monoisotopic (exact) mass is 815 g/mol. The lowest BCUT2D eigenvalue weighted by atomic mass is 9.70. The van der Waals surface area contributed by atoms with E-state index in [-0.39, 0.29) is 5.41 Å². The number of anilines is 3. The van der Waals surface area contributed by atoms with Gasteiger partial charge in [0.05, 0.1) is 16.8 Å². The summed E-state index contributed by atoms with van der Waals surface area (Å²) in [5.41, 5.74) is 22.4. The van der Waals surface area contributed by atoms with Crippen LogP contribution in [0.4, 0.5) is 17.1 Å². The molecule has 0 fully saturated rings. The summed E-state index contributed by atoms with van der Waals surface area (Å²) < 4.78 is 6.95. The summed E-state index contributed by atoms with van der Waals surface area (Å²) in [6.07, 6.45) is 0. The fourth-order valence-corrected chi connectivity index (χ4v) is 12.2. The SMILES string of the molecule is CC1(C)c2ccccc2-c2cccc(N(c3ccc4c(c3)C3(c5ccccc5-c5ccccc53)c3ccccc3-4)c3ccccc3-c3cccc4c3oc3cc5ccccc5cc34)c21. The van der Waals surface area contributed by atoms with Gasteiger partial charge in [-0.15, -0.1) is 0 Å². The smallest absolute Gasteiger partial charge is 0.143 e. The summed E-state index contributed by atoms with van der Waals surface area (Å²) in [7, 11) is 0. The van der Waals surface area contributed by atoms with Crippen LogP contribution < -0.4 is 4.90 Å². The van der Waals surface area contributed by atoms with Crippen LogP contribution in [0.3, 0.4) is 0 Å². The van der Waals surface area contributed by atoms with E-state index in [9.17, 15) is 0 Å². The highest BCUT2D eigenvalue weighted by Crippen LogP contribution is 2.64. The fourth-order valence-electron chi connectivity index (χ4n) is 12.2. The van der Waals surface area contributed by atoms with Crippen molar-refractivity contribution in [1.82, 2.24) is 0 Å². The predicted molar refractivity (Wildman–Crippen MR) is 265 cm³/mol. The number of fused-ring (bicyclic) bond motifs is 17. The van der Waals surface area contributed by atoms with Crippen molar-refractivity contribution in [2.24, 2.45) is 0 Å². The summed E-state index contributed by atoms with van der Waals surface area (Å²) in [5, 5.41) is 4.63. The summed E-state index contributed by atoms with van der Waals surface area (Å²) in [5.74, 6) is 0. The standard InChI is InChI=1S/C62H41NO/c1-61(2)51-27-10-5-22-44(51)47-24-16-32-57(59(47)61)63(56-31-14-9-23-46(56)48-25-15-26-49-50-35-38-17-3-4-18-39(38)36-58(50)64-60(48)49)40-33-34-45-43-21-8-13-30-54(43)62(55(45)37-40)52-28-11-6-19-41(52)42-20-7-12-29-53(42)62/h3-37H,1-2H3. The molecule has 0 bridgehead atoms. The Labute approximate surface area is 372 Å². The summed E-state index contributed by atoms with van der Waals surface area (Å²) in [4.78, 5) is 2.56. The molecule has 0 saturated carbocycles. The average Bonchev–Trinajstić information content (AvgIpc) is 4.03. The Balaban J connectivity index is 1.07. The molecule has 3 aliphatic carbocycles. The maximum Gasteiger partial charge on any atom is 0.143 e. The van der Waals surface area contributed by atoms with Crippen molar-refractivity contribution in [3.05, 3.63) is 246 Å². The molecule has 0 N–H and O–H groups in total. The molecule has 0 radical (unpaired) electrons. The second-order valence-electron chi connectivity index (χ2n) is 18.3. The Morgan fingerprint density at radius 1 is 0.359 bits per heavy atom. The van der Waals surface area contributed by atoms with Crippen LogP contribution in [0.5, 0.6) is 0 Å². The van der Waals surface area contributed by atoms with Crippen molar-refractivity contribution >= 4 is 49.8 Å². The molecule has 1 heterocycles. The zero-order valence-electron chi connectivity index (χ0n) is 35.6. The van der Waals surface area contributed by atoms with Crippen LogP contribution in [0.1, 0.15) is 47.2 Å². The van der Waals surface area contributed by atoms with Crippen molar-refractivity contribution in [2.45, 2.75) is 24.7 Å². The number of benzene rings is 10. The maximum absolute atomic E-state index is 6.95. The van der Waals surface area contributed by atoms with E-state index in [1.54, 1.807) is 0 Å². The minimum Gasteiger partial charge on any atom is -0.455 e. The van der Waals surface area contributed by atoms with Crippen LogP contribution in [0.25, 0.3) is 77.2 Å². The lowest BCUT2D eigenvalue weighted by Crippen LogP contribution is -2.26. The second-order valence-corrected chi connectivity index (χ2v) is 18.3. The third kappa shape index (κ3) is 4.54. The third-order valence-corrected chi connectivity index (χ3v) is 14.8. The van der Waals surface area contributed by atoms with Crippen molar-refractivity contribution in [2.75, 3.05) is 4.90 Å². The van der Waals surface area contributed by atoms with Gasteiger partial charge >= 0.3 is 0 Å². The summed E-state index contributed by atoms with van der Waals surface area (Å²) in [6.45, 7) is 4.79. The molecule has 10 aromatic carbocycles. The van der Waals surface area contributed by atoms with Crippen molar-refractivity contribution < 1.29 is 4.42 Å². The first kappa shape index (κ1) is 35.6. The van der Waals surface area contributed by atoms with Crippen LogP contribution in [-0.4, -0.2) is 0 Å². The normalized spacial score (nSPS) is 14.3. The lowest BCUT2D eigenvalue weighted by molar-refractivity contribution is 0.660. The Hall–Kier alpha value is -7.94. The van der Waals surface area contributed by atoms with Gasteiger partial charge in [-0.3, -0.25) is 0 Å². The predicted octanol–water partition coefficient (Wildman–Crippen LogP) is 16.5. The van der Waals surface area contributed by atoms with E-state index >= 15 is 0 Å². The van der Waals surface area contributed by atoms with Crippen LogP contribution in [0.2, 0.25) is 0 Å². The second kappa shape index (κ2) is 12.8. The molecular weight excluding hydrogens is 775 g/mol. The number of hydrogen-bond acceptors (Lipinski definition) is 2. The summed E-state index contributed by atoms with van der Waals surface area (Å²) >= 11 is 0. The Morgan fingerprint density at radius 3 is 1.55 bits per heavy atom. The molecule has 1 aromatic heterocycles. The average molecular weight is 816 g/mol. The van der Waals surface area contributed by atoms with Crippen LogP contribution in [0, 0.1) is 0 Å². The van der Waals surface area contributed by atoms with Gasteiger partial charge in [0.15, 0.2) is 0 Å². The molecule has 1 spiro atoms. The molecule has 11 aromatic rings. The van der Waals surface area contributed by atoms with E-state index < -0.39 is 5.41 Å². The van der Waals surface area contributed by atoms with Gasteiger partial charge in [0.2, 0.25) is 0 Å². The van der Waals surface area contributed by atoms with Gasteiger partial charge in [-0.2, -0.15) is 0 Å². The molecule has 2 heteroatoms. The first-order valence-electron chi connectivity index (χ1n) is 22.4. The van der Waals surface area contributed by atoms with E-state index in [0.29, 0.717) is 0 Å². The van der Waals surface area contributed by atoms with Gasteiger partial charge in [0.1, 0.15) is 11.2 Å². The molecule has 0 unspecified atom stereocenters. The van der Waals surface area contributed by atoms with E-state index in [0.717, 1.165) is 44.4 Å². The molecule has 300 valence electrons. The molecule has 14 rings (SSSR count). The largest absolute Gasteiger partial charge is 0.455 e. The Morgan fingerprint density at radius 2 is 0.859 bits per heavy atom. The van der Waals surface area contributed by atoms with Gasteiger partial charge in [-0.25, -0.2) is 0 Å². The fraction of sp³-hybridized carbons (Fsp3) is 0.0645. The number of furan rings is 1. The third-order valence-electron chi connectivity index (χ3n) is 14.8. The minimum absolute atomic E-state index is 0.256. The molecule has 3 aliphatic rings. The van der Waals surface area contributed by atoms with Crippen molar-refractivity contribution in [3.63, 3.8) is 0 Å². The zero-order valence-corrected chi connectivity index (χ0v) is 35.6. The highest BCUT2D eigenvalue weighted by molar-refractivity contribution is 6.14. The molecule has 0 atom stereocenters. The Bertz CT molecular complexity index is 3730. The first-order valence-corrected chi connectivity index (χ1v) is 22.4. The number of nitrogens with zero attached hydrogens (tertiary/aromatic N) is 1. The highest BCUT2D eigenvalue weighted by atomic mass is 16.3. The highest BCUT2D eigenvalue weighted by Gasteiger charge is 2.52. The minimum atomic E-state index is -0.474. The van der Waals surface area contributed by atoms with E-state index in [1.165, 1.54) is 83.2 Å². The van der Waals surface area contributed by atoms with Crippen LogP contribution in [-0.2, 0) is 10.8 Å². The van der Waals surface area contributed by atoms with Gasteiger partial charge in [-0.1, -0.05) is 190 Å². The van der Waals surface area contributed by atoms with E-state index in [1.807, 2.05) is 0 Å². The van der Waals surface area contributed by atoms with E-state index in [4.69, 9.17) is 4.42 Å². The van der Waals surface area contributed by atoms with Crippen molar-refractivity contribution in [3.8, 4) is 44.5 Å². The molecule has 0 aliphatic heterocycles. The van der Waals surface area contributed by atoms with Gasteiger partial charge in [0, 0.05) is 33.0 Å². The van der Waals surface area contributed by atoms with Crippen molar-refractivity contribution in [1.29, 1.82) is 0 Å². The molecule has 0 amide bonds. The molecule has 0 saturated heterocycles. The quantitative estimate of drug-likeness (QED) is 0.176.